The molecule has 148 valence electrons. The molecule has 0 saturated carbocycles. The molecular weight excluding hydrogens is 345 g/mol. The number of carbonyl (C=O) groups is 1. The predicted molar refractivity (Wildman–Crippen MR) is 102 cm³/mol. The summed E-state index contributed by atoms with van der Waals surface area (Å²) in [7, 11) is 3.65. The number of carbonyl (C=O) groups excluding carboxylic acids is 1. The van der Waals surface area contributed by atoms with Crippen LogP contribution in [-0.4, -0.2) is 86.2 Å². The third kappa shape index (κ3) is 3.62. The molecule has 4 aliphatic rings. The summed E-state index contributed by atoms with van der Waals surface area (Å²) in [5.41, 5.74) is 1.15. The van der Waals surface area contributed by atoms with E-state index in [1.807, 2.05) is 24.1 Å². The molecule has 0 spiro atoms. The van der Waals surface area contributed by atoms with Crippen LogP contribution in [0.1, 0.15) is 24.3 Å². The van der Waals surface area contributed by atoms with Crippen molar-refractivity contribution in [1.29, 1.82) is 0 Å². The molecular formula is C21H30FN3O2. The third-order valence-electron chi connectivity index (χ3n) is 6.70. The van der Waals surface area contributed by atoms with Crippen molar-refractivity contribution in [2.45, 2.75) is 30.8 Å². The smallest absolute Gasteiger partial charge is 0.237 e. The van der Waals surface area contributed by atoms with Gasteiger partial charge in [-0.3, -0.25) is 14.6 Å². The van der Waals surface area contributed by atoms with Crippen molar-refractivity contribution < 1.29 is 13.9 Å². The van der Waals surface area contributed by atoms with Gasteiger partial charge >= 0.3 is 0 Å². The molecule has 4 fully saturated rings. The summed E-state index contributed by atoms with van der Waals surface area (Å²) in [6.07, 6.45) is 2.36. The second kappa shape index (κ2) is 7.86. The Morgan fingerprint density at radius 1 is 1.22 bits per heavy atom. The molecule has 0 radical (unpaired) electrons. The highest BCUT2D eigenvalue weighted by Gasteiger charge is 2.54. The number of benzene rings is 1. The SMILES string of the molecule is COCCN(C)CC(=O)N1C[C@H](c2ccc(F)cc2)[C@H]2[C@@H]1C1CCN2CC1. The van der Waals surface area contributed by atoms with E-state index in [4.69, 9.17) is 4.74 Å². The van der Waals surface area contributed by atoms with Gasteiger partial charge in [-0.1, -0.05) is 12.1 Å². The molecule has 3 atom stereocenters. The summed E-state index contributed by atoms with van der Waals surface area (Å²) < 4.78 is 18.5. The summed E-state index contributed by atoms with van der Waals surface area (Å²) in [4.78, 5) is 19.9. The number of fused-ring (bicyclic) bond motifs is 2. The van der Waals surface area contributed by atoms with Gasteiger partial charge in [-0.25, -0.2) is 4.39 Å². The predicted octanol–water partition coefficient (Wildman–Crippen LogP) is 1.79. The normalized spacial score (nSPS) is 32.1. The van der Waals surface area contributed by atoms with Crippen LogP contribution in [0, 0.1) is 11.7 Å². The summed E-state index contributed by atoms with van der Waals surface area (Å²) in [5.74, 6) is 0.874. The Balaban J connectivity index is 1.55. The lowest BCUT2D eigenvalue weighted by molar-refractivity contribution is -0.137. The van der Waals surface area contributed by atoms with Gasteiger partial charge in [0.25, 0.3) is 0 Å². The van der Waals surface area contributed by atoms with Gasteiger partial charge in [0.2, 0.25) is 5.91 Å². The fourth-order valence-corrected chi connectivity index (χ4v) is 5.36. The first-order chi connectivity index (χ1) is 13.1. The number of likely N-dealkylation sites (tertiary alicyclic amines) is 1. The maximum Gasteiger partial charge on any atom is 0.237 e. The van der Waals surface area contributed by atoms with Gasteiger partial charge in [-0.15, -0.1) is 0 Å². The zero-order chi connectivity index (χ0) is 19.0. The molecule has 6 heteroatoms. The summed E-state index contributed by atoms with van der Waals surface area (Å²) in [5, 5.41) is 0. The van der Waals surface area contributed by atoms with Gasteiger partial charge in [0.05, 0.1) is 19.2 Å². The van der Waals surface area contributed by atoms with Crippen LogP contribution in [-0.2, 0) is 9.53 Å². The van der Waals surface area contributed by atoms with Gasteiger partial charge in [0.15, 0.2) is 0 Å². The van der Waals surface area contributed by atoms with E-state index < -0.39 is 0 Å². The molecule has 2 bridgehead atoms. The lowest BCUT2D eigenvalue weighted by Gasteiger charge is -2.51. The molecule has 27 heavy (non-hydrogen) atoms. The number of hydrogen-bond acceptors (Lipinski definition) is 4. The zero-order valence-electron chi connectivity index (χ0n) is 16.3. The fourth-order valence-electron chi connectivity index (χ4n) is 5.36. The highest BCUT2D eigenvalue weighted by Crippen LogP contribution is 2.46. The largest absolute Gasteiger partial charge is 0.383 e. The lowest BCUT2D eigenvalue weighted by Crippen LogP contribution is -2.61. The molecule has 1 amide bonds. The third-order valence-corrected chi connectivity index (χ3v) is 6.70. The van der Waals surface area contributed by atoms with Crippen molar-refractivity contribution in [3.05, 3.63) is 35.6 Å². The molecule has 0 N–H and O–H groups in total. The van der Waals surface area contributed by atoms with E-state index in [1.54, 1.807) is 19.2 Å². The van der Waals surface area contributed by atoms with E-state index in [1.165, 1.54) is 12.8 Å². The topological polar surface area (TPSA) is 36.0 Å². The monoisotopic (exact) mass is 375 g/mol. The molecule has 5 nitrogen and oxygen atoms in total. The highest BCUT2D eigenvalue weighted by atomic mass is 19.1. The van der Waals surface area contributed by atoms with Crippen LogP contribution in [0.2, 0.25) is 0 Å². The van der Waals surface area contributed by atoms with Crippen molar-refractivity contribution in [2.24, 2.45) is 5.92 Å². The second-order valence-electron chi connectivity index (χ2n) is 8.29. The summed E-state index contributed by atoms with van der Waals surface area (Å²) >= 11 is 0. The first-order valence-electron chi connectivity index (χ1n) is 10.0. The van der Waals surface area contributed by atoms with E-state index in [9.17, 15) is 9.18 Å². The van der Waals surface area contributed by atoms with E-state index in [0.717, 1.165) is 31.7 Å². The number of methoxy groups -OCH3 is 1. The number of halogens is 1. The summed E-state index contributed by atoms with van der Waals surface area (Å²) in [6, 6.07) is 7.56. The van der Waals surface area contributed by atoms with Crippen molar-refractivity contribution in [3.63, 3.8) is 0 Å². The van der Waals surface area contributed by atoms with Gasteiger partial charge in [-0.2, -0.15) is 0 Å². The second-order valence-corrected chi connectivity index (χ2v) is 8.29. The zero-order valence-corrected chi connectivity index (χ0v) is 16.3. The number of likely N-dealkylation sites (N-methyl/N-ethyl adjacent to an activating group) is 1. The first-order valence-corrected chi connectivity index (χ1v) is 10.0. The average molecular weight is 375 g/mol. The fraction of sp³-hybridized carbons (Fsp3) is 0.667. The van der Waals surface area contributed by atoms with Crippen LogP contribution in [0.3, 0.4) is 0 Å². The quantitative estimate of drug-likeness (QED) is 0.760. The van der Waals surface area contributed by atoms with Crippen molar-refractivity contribution >= 4 is 5.91 Å². The van der Waals surface area contributed by atoms with Crippen LogP contribution in [0.5, 0.6) is 0 Å². The molecule has 1 aromatic carbocycles. The Labute approximate surface area is 161 Å². The molecule has 5 rings (SSSR count). The highest BCUT2D eigenvalue weighted by molar-refractivity contribution is 5.79. The molecule has 4 saturated heterocycles. The molecule has 4 heterocycles. The van der Waals surface area contributed by atoms with Crippen molar-refractivity contribution in [2.75, 3.05) is 53.5 Å². The van der Waals surface area contributed by atoms with Crippen LogP contribution in [0.25, 0.3) is 0 Å². The number of amides is 1. The van der Waals surface area contributed by atoms with Crippen LogP contribution in [0.4, 0.5) is 4.39 Å². The van der Waals surface area contributed by atoms with Crippen LogP contribution in [0.15, 0.2) is 24.3 Å². The van der Waals surface area contributed by atoms with E-state index >= 15 is 0 Å². The minimum Gasteiger partial charge on any atom is -0.383 e. The number of piperidine rings is 3. The Morgan fingerprint density at radius 2 is 1.93 bits per heavy atom. The van der Waals surface area contributed by atoms with Gasteiger partial charge in [0.1, 0.15) is 5.82 Å². The van der Waals surface area contributed by atoms with Crippen LogP contribution < -0.4 is 0 Å². The minimum atomic E-state index is -0.202. The number of hydrogen-bond donors (Lipinski definition) is 0. The maximum atomic E-state index is 13.4. The number of rotatable bonds is 6. The Bertz CT molecular complexity index is 660. The Morgan fingerprint density at radius 3 is 2.59 bits per heavy atom. The van der Waals surface area contributed by atoms with Gasteiger partial charge < -0.3 is 9.64 Å². The number of nitrogens with zero attached hydrogens (tertiary/aromatic N) is 3. The Hall–Kier alpha value is -1.50. The molecule has 1 aromatic rings. The summed E-state index contributed by atoms with van der Waals surface area (Å²) in [6.45, 7) is 4.80. The van der Waals surface area contributed by atoms with Crippen molar-refractivity contribution in [1.82, 2.24) is 14.7 Å². The maximum absolute atomic E-state index is 13.4. The molecule has 4 aliphatic heterocycles. The first kappa shape index (κ1) is 18.8. The number of ether oxygens (including phenoxy) is 1. The van der Waals surface area contributed by atoms with Gasteiger partial charge in [0, 0.05) is 32.2 Å². The van der Waals surface area contributed by atoms with Crippen LogP contribution >= 0.6 is 0 Å². The molecule has 0 unspecified atom stereocenters. The molecule has 0 aromatic heterocycles. The average Bonchev–Trinajstić information content (AvgIpc) is 3.11. The van der Waals surface area contributed by atoms with Crippen molar-refractivity contribution in [3.8, 4) is 0 Å². The lowest BCUT2D eigenvalue weighted by atomic mass is 9.75. The van der Waals surface area contributed by atoms with Gasteiger partial charge in [-0.05, 0) is 56.6 Å². The van der Waals surface area contributed by atoms with E-state index in [0.29, 0.717) is 31.2 Å². The molecule has 0 aliphatic carbocycles. The van der Waals surface area contributed by atoms with E-state index in [-0.39, 0.29) is 17.6 Å². The minimum absolute atomic E-state index is 0.202. The Kier molecular flexibility index (Phi) is 5.48. The standard InChI is InChI=1S/C21H30FN3O2/c1-23(11-12-27-2)14-19(26)25-13-18(15-3-5-17(22)6-4-15)21-20(25)16-7-9-24(21)10-8-16/h3-6,16,18,20-21H,7-14H2,1-2H3/t18-,20+,21+/m1/s1. The van der Waals surface area contributed by atoms with E-state index in [2.05, 4.69) is 9.80 Å².